The molecule has 0 unspecified atom stereocenters. The normalized spacial score (nSPS) is 12.0. The van der Waals surface area contributed by atoms with Crippen molar-refractivity contribution >= 4 is 23.4 Å². The second-order valence-corrected chi connectivity index (χ2v) is 7.42. The summed E-state index contributed by atoms with van der Waals surface area (Å²) in [6.07, 6.45) is 4.83. The van der Waals surface area contributed by atoms with Crippen LogP contribution in [-0.2, 0) is 4.79 Å². The Balaban J connectivity index is 1.35. The quantitative estimate of drug-likeness (QED) is 0.463. The van der Waals surface area contributed by atoms with Crippen LogP contribution < -0.4 is 14.8 Å². The predicted molar refractivity (Wildman–Crippen MR) is 114 cm³/mol. The lowest BCUT2D eigenvalue weighted by atomic mass is 10.3. The van der Waals surface area contributed by atoms with Crippen LogP contribution in [0.3, 0.4) is 0 Å². The fraction of sp³-hybridized carbons (Fsp3) is 0.0952. The molecule has 1 aliphatic heterocycles. The van der Waals surface area contributed by atoms with Crippen molar-refractivity contribution < 1.29 is 14.3 Å². The number of benzene rings is 2. The molecule has 0 spiro atoms. The third-order valence-corrected chi connectivity index (χ3v) is 5.36. The summed E-state index contributed by atoms with van der Waals surface area (Å²) in [6, 6.07) is 15.0. The van der Waals surface area contributed by atoms with E-state index in [1.54, 1.807) is 36.8 Å². The van der Waals surface area contributed by atoms with E-state index in [-0.39, 0.29) is 18.5 Å². The van der Waals surface area contributed by atoms with E-state index in [0.717, 1.165) is 5.69 Å². The number of carbonyl (C=O) groups is 1. The molecule has 3 heterocycles. The van der Waals surface area contributed by atoms with Crippen LogP contribution in [0, 0.1) is 0 Å². The molecule has 0 saturated heterocycles. The zero-order chi connectivity index (χ0) is 21.0. The summed E-state index contributed by atoms with van der Waals surface area (Å²) in [6.45, 7) is 0.186. The summed E-state index contributed by atoms with van der Waals surface area (Å²) >= 11 is 1.28. The summed E-state index contributed by atoms with van der Waals surface area (Å²) in [5.41, 5.74) is 2.10. The Morgan fingerprint density at radius 1 is 1.06 bits per heavy atom. The maximum Gasteiger partial charge on any atom is 0.234 e. The number of aromatic nitrogens is 5. The van der Waals surface area contributed by atoms with Crippen LogP contribution in [0.15, 0.2) is 72.3 Å². The van der Waals surface area contributed by atoms with Gasteiger partial charge in [-0.15, -0.1) is 10.2 Å². The van der Waals surface area contributed by atoms with E-state index < -0.39 is 0 Å². The molecule has 31 heavy (non-hydrogen) atoms. The number of ether oxygens (including phenoxy) is 2. The average molecular weight is 432 g/mol. The van der Waals surface area contributed by atoms with Gasteiger partial charge in [0, 0.05) is 29.8 Å². The Morgan fingerprint density at radius 2 is 1.94 bits per heavy atom. The number of nitrogens with one attached hydrogen (secondary N) is 1. The fourth-order valence-corrected chi connectivity index (χ4v) is 3.81. The third kappa shape index (κ3) is 4.05. The van der Waals surface area contributed by atoms with Crippen molar-refractivity contribution in [3.63, 3.8) is 0 Å². The van der Waals surface area contributed by atoms with Gasteiger partial charge in [0.25, 0.3) is 0 Å². The molecule has 5 rings (SSSR count). The number of fused-ring (bicyclic) bond motifs is 1. The minimum absolute atomic E-state index is 0.153. The van der Waals surface area contributed by atoms with Crippen molar-refractivity contribution in [2.24, 2.45) is 0 Å². The molecule has 9 nitrogen and oxygen atoms in total. The van der Waals surface area contributed by atoms with E-state index >= 15 is 0 Å². The molecular formula is C21H16N6O3S. The van der Waals surface area contributed by atoms with Crippen molar-refractivity contribution in [3.05, 3.63) is 67.1 Å². The van der Waals surface area contributed by atoms with Crippen molar-refractivity contribution in [2.75, 3.05) is 17.9 Å². The number of rotatable bonds is 6. The van der Waals surface area contributed by atoms with Crippen LogP contribution in [0.25, 0.3) is 17.2 Å². The largest absolute Gasteiger partial charge is 0.454 e. The Kier molecular flexibility index (Phi) is 5.19. The summed E-state index contributed by atoms with van der Waals surface area (Å²) in [4.78, 5) is 21.0. The lowest BCUT2D eigenvalue weighted by Crippen LogP contribution is -2.14. The Bertz CT molecular complexity index is 1220. The van der Waals surface area contributed by atoms with Crippen LogP contribution >= 0.6 is 11.8 Å². The molecule has 10 heteroatoms. The molecule has 0 saturated carbocycles. The minimum atomic E-state index is -0.174. The first-order valence-electron chi connectivity index (χ1n) is 9.37. The summed E-state index contributed by atoms with van der Waals surface area (Å²) in [5.74, 6) is 1.81. The highest BCUT2D eigenvalue weighted by Crippen LogP contribution is 2.34. The zero-order valence-electron chi connectivity index (χ0n) is 16.1. The summed E-state index contributed by atoms with van der Waals surface area (Å²) in [5, 5.41) is 12.0. The highest BCUT2D eigenvalue weighted by Gasteiger charge is 2.19. The lowest BCUT2D eigenvalue weighted by Gasteiger charge is -2.10. The molecule has 1 N–H and O–H groups in total. The maximum absolute atomic E-state index is 12.5. The van der Waals surface area contributed by atoms with Gasteiger partial charge in [-0.3, -0.25) is 14.3 Å². The van der Waals surface area contributed by atoms with Crippen LogP contribution in [0.1, 0.15) is 0 Å². The van der Waals surface area contributed by atoms with Gasteiger partial charge in [0.05, 0.1) is 11.9 Å². The number of carbonyl (C=O) groups excluding carboxylic acids is 1. The first kappa shape index (κ1) is 19.1. The third-order valence-electron chi connectivity index (χ3n) is 4.43. The minimum Gasteiger partial charge on any atom is -0.454 e. The maximum atomic E-state index is 12.5. The van der Waals surface area contributed by atoms with Gasteiger partial charge >= 0.3 is 0 Å². The van der Waals surface area contributed by atoms with Crippen LogP contribution in [0.4, 0.5) is 5.69 Å². The zero-order valence-corrected chi connectivity index (χ0v) is 17.0. The molecule has 0 bridgehead atoms. The molecule has 0 radical (unpaired) electrons. The molecular weight excluding hydrogens is 416 g/mol. The Hall–Kier alpha value is -3.92. The number of para-hydroxylation sites is 1. The van der Waals surface area contributed by atoms with Crippen molar-refractivity contribution in [3.8, 4) is 28.7 Å². The second-order valence-electron chi connectivity index (χ2n) is 6.47. The van der Waals surface area contributed by atoms with Gasteiger partial charge in [-0.1, -0.05) is 30.0 Å². The number of hydrogen-bond acceptors (Lipinski definition) is 8. The highest BCUT2D eigenvalue weighted by atomic mass is 32.2. The van der Waals surface area contributed by atoms with E-state index in [1.807, 2.05) is 34.9 Å². The summed E-state index contributed by atoms with van der Waals surface area (Å²) in [7, 11) is 0. The second kappa shape index (κ2) is 8.44. The number of thioether (sulfide) groups is 1. The lowest BCUT2D eigenvalue weighted by molar-refractivity contribution is -0.113. The van der Waals surface area contributed by atoms with Crippen molar-refractivity contribution in [1.82, 2.24) is 24.7 Å². The van der Waals surface area contributed by atoms with Gasteiger partial charge in [0.15, 0.2) is 22.5 Å². The number of amides is 1. The molecule has 0 fully saturated rings. The van der Waals surface area contributed by atoms with Gasteiger partial charge < -0.3 is 14.8 Å². The van der Waals surface area contributed by atoms with E-state index in [0.29, 0.717) is 33.9 Å². The first-order chi connectivity index (χ1) is 15.3. The number of anilines is 1. The molecule has 1 amide bonds. The van der Waals surface area contributed by atoms with E-state index in [4.69, 9.17) is 9.47 Å². The van der Waals surface area contributed by atoms with E-state index in [2.05, 4.69) is 25.5 Å². The van der Waals surface area contributed by atoms with E-state index in [9.17, 15) is 4.79 Å². The van der Waals surface area contributed by atoms with Crippen molar-refractivity contribution in [1.29, 1.82) is 0 Å². The molecule has 0 atom stereocenters. The standard InChI is InChI=1S/C21H16N6O3S/c28-19(24-14-6-7-17-18(10-14)30-13-29-17)12-31-21-26-25-20(16-11-22-8-9-23-16)27(21)15-4-2-1-3-5-15/h1-11H,12-13H2,(H,24,28). The molecule has 2 aromatic heterocycles. The van der Waals surface area contributed by atoms with E-state index in [1.165, 1.54) is 11.8 Å². The average Bonchev–Trinajstić information content (AvgIpc) is 3.45. The SMILES string of the molecule is O=C(CSc1nnc(-c2cnccn2)n1-c1ccccc1)Nc1ccc2c(c1)OCO2. The molecule has 4 aromatic rings. The van der Waals surface area contributed by atoms with Gasteiger partial charge in [0.2, 0.25) is 12.7 Å². The molecule has 1 aliphatic rings. The fourth-order valence-electron chi connectivity index (χ4n) is 3.06. The smallest absolute Gasteiger partial charge is 0.234 e. The molecule has 0 aliphatic carbocycles. The van der Waals surface area contributed by atoms with Crippen molar-refractivity contribution in [2.45, 2.75) is 5.16 Å². The number of nitrogens with zero attached hydrogens (tertiary/aromatic N) is 5. The van der Waals surface area contributed by atoms with Gasteiger partial charge in [-0.2, -0.15) is 0 Å². The van der Waals surface area contributed by atoms with Gasteiger partial charge in [-0.25, -0.2) is 4.98 Å². The summed E-state index contributed by atoms with van der Waals surface area (Å²) < 4.78 is 12.5. The van der Waals surface area contributed by atoms with Crippen LogP contribution in [0.2, 0.25) is 0 Å². The Labute approximate surface area is 181 Å². The predicted octanol–water partition coefficient (Wildman–Crippen LogP) is 3.18. The topological polar surface area (TPSA) is 104 Å². The molecule has 2 aromatic carbocycles. The Morgan fingerprint density at radius 3 is 2.77 bits per heavy atom. The van der Waals surface area contributed by atoms with Gasteiger partial charge in [0.1, 0.15) is 5.69 Å². The monoisotopic (exact) mass is 432 g/mol. The number of hydrogen-bond donors (Lipinski definition) is 1. The highest BCUT2D eigenvalue weighted by molar-refractivity contribution is 7.99. The van der Waals surface area contributed by atoms with Crippen LogP contribution in [0.5, 0.6) is 11.5 Å². The molecule has 154 valence electrons. The first-order valence-corrected chi connectivity index (χ1v) is 10.4. The van der Waals surface area contributed by atoms with Crippen LogP contribution in [-0.4, -0.2) is 43.2 Å². The van der Waals surface area contributed by atoms with Gasteiger partial charge in [-0.05, 0) is 24.3 Å².